The zero-order valence-electron chi connectivity index (χ0n) is 8.77. The van der Waals surface area contributed by atoms with Crippen LogP contribution in [0.1, 0.15) is 18.9 Å². The summed E-state index contributed by atoms with van der Waals surface area (Å²) in [5.41, 5.74) is 1.88. The van der Waals surface area contributed by atoms with E-state index in [1.807, 2.05) is 34.6 Å². The molecule has 0 spiro atoms. The molecule has 84 valence electrons. The molecule has 3 rings (SSSR count). The normalized spacial score (nSPS) is 18.1. The van der Waals surface area contributed by atoms with Crippen molar-refractivity contribution in [2.24, 2.45) is 0 Å². The molecule has 5 heteroatoms. The molecule has 0 bridgehead atoms. The van der Waals surface area contributed by atoms with Gasteiger partial charge in [-0.3, -0.25) is 0 Å². The Balaban J connectivity index is 2.09. The van der Waals surface area contributed by atoms with E-state index in [1.165, 1.54) is 11.5 Å². The molecule has 0 saturated carbocycles. The van der Waals surface area contributed by atoms with Crippen molar-refractivity contribution in [2.45, 2.75) is 18.9 Å². The summed E-state index contributed by atoms with van der Waals surface area (Å²) in [6, 6.07) is 6.25. The lowest BCUT2D eigenvalue weighted by atomic mass is 10.1. The van der Waals surface area contributed by atoms with Crippen molar-refractivity contribution >= 4 is 34.4 Å². The van der Waals surface area contributed by atoms with Crippen LogP contribution in [0.25, 0.3) is 11.0 Å². The van der Waals surface area contributed by atoms with Crippen LogP contribution in [0.4, 0.5) is 0 Å². The molecule has 3 nitrogen and oxygen atoms in total. The fourth-order valence-electron chi connectivity index (χ4n) is 2.14. The average Bonchev–Trinajstić information content (AvgIpc) is 2.75. The van der Waals surface area contributed by atoms with E-state index in [0.29, 0.717) is 6.04 Å². The van der Waals surface area contributed by atoms with Crippen LogP contribution in [0.2, 0.25) is 5.02 Å². The lowest BCUT2D eigenvalue weighted by Gasteiger charge is -2.21. The molecule has 0 aliphatic carbocycles. The van der Waals surface area contributed by atoms with Crippen molar-refractivity contribution in [1.29, 1.82) is 0 Å². The number of para-hydroxylation sites is 1. The number of benzene rings is 1. The van der Waals surface area contributed by atoms with Crippen molar-refractivity contribution in [3.05, 3.63) is 23.2 Å². The highest BCUT2D eigenvalue weighted by Gasteiger charge is 2.19. The first kappa shape index (κ1) is 10.4. The highest BCUT2D eigenvalue weighted by molar-refractivity contribution is 7.99. The molecular weight excluding hydrogens is 242 g/mol. The van der Waals surface area contributed by atoms with E-state index in [1.54, 1.807) is 0 Å². The smallest absolute Gasteiger partial charge is 0.114 e. The van der Waals surface area contributed by atoms with Gasteiger partial charge in [-0.25, -0.2) is 4.68 Å². The lowest BCUT2D eigenvalue weighted by Crippen LogP contribution is -2.16. The van der Waals surface area contributed by atoms with Gasteiger partial charge >= 0.3 is 0 Å². The van der Waals surface area contributed by atoms with Crippen LogP contribution in [-0.4, -0.2) is 26.5 Å². The first-order valence-electron chi connectivity index (χ1n) is 5.43. The van der Waals surface area contributed by atoms with Gasteiger partial charge in [0.25, 0.3) is 0 Å². The molecule has 0 amide bonds. The van der Waals surface area contributed by atoms with Gasteiger partial charge in [-0.2, -0.15) is 11.8 Å². The van der Waals surface area contributed by atoms with Gasteiger partial charge in [-0.1, -0.05) is 22.9 Å². The van der Waals surface area contributed by atoms with Crippen molar-refractivity contribution in [1.82, 2.24) is 15.0 Å². The van der Waals surface area contributed by atoms with Crippen LogP contribution >= 0.6 is 23.4 Å². The molecular formula is C11H12ClN3S. The van der Waals surface area contributed by atoms with E-state index in [0.717, 1.165) is 28.9 Å². The molecule has 1 aliphatic heterocycles. The molecule has 1 aromatic heterocycles. The van der Waals surface area contributed by atoms with E-state index in [2.05, 4.69) is 10.3 Å². The van der Waals surface area contributed by atoms with Gasteiger partial charge in [0.05, 0.1) is 11.1 Å². The van der Waals surface area contributed by atoms with E-state index < -0.39 is 0 Å². The van der Waals surface area contributed by atoms with Gasteiger partial charge in [0, 0.05) is 0 Å². The number of hydrogen-bond donors (Lipinski definition) is 0. The number of thioether (sulfide) groups is 1. The Morgan fingerprint density at radius 2 is 2.12 bits per heavy atom. The highest BCUT2D eigenvalue weighted by atomic mass is 35.5. The van der Waals surface area contributed by atoms with Crippen molar-refractivity contribution in [3.63, 3.8) is 0 Å². The molecule has 1 aromatic carbocycles. The van der Waals surface area contributed by atoms with Crippen LogP contribution in [0, 0.1) is 0 Å². The zero-order valence-corrected chi connectivity index (χ0v) is 10.3. The maximum atomic E-state index is 6.22. The summed E-state index contributed by atoms with van der Waals surface area (Å²) >= 11 is 8.23. The first-order chi connectivity index (χ1) is 7.86. The summed E-state index contributed by atoms with van der Waals surface area (Å²) in [5.74, 6) is 2.41. The average molecular weight is 254 g/mol. The Morgan fingerprint density at radius 3 is 2.94 bits per heavy atom. The standard InChI is InChI=1S/C11H12ClN3S/c12-9-2-1-3-10-11(9)15(14-13-10)8-4-6-16-7-5-8/h1-3,8H,4-7H2. The molecule has 0 radical (unpaired) electrons. The molecule has 1 aliphatic rings. The third-order valence-electron chi connectivity index (χ3n) is 2.98. The fourth-order valence-corrected chi connectivity index (χ4v) is 3.48. The Kier molecular flexibility index (Phi) is 2.77. The summed E-state index contributed by atoms with van der Waals surface area (Å²) in [6.45, 7) is 0. The fraction of sp³-hybridized carbons (Fsp3) is 0.455. The molecule has 1 saturated heterocycles. The second-order valence-corrected chi connectivity index (χ2v) is 5.62. The Bertz CT molecular complexity index is 505. The summed E-state index contributed by atoms with van der Waals surface area (Å²) in [6.07, 6.45) is 2.32. The molecule has 2 aromatic rings. The second kappa shape index (κ2) is 4.26. The van der Waals surface area contributed by atoms with Gasteiger partial charge in [0.1, 0.15) is 11.0 Å². The summed E-state index contributed by atoms with van der Waals surface area (Å²) in [5, 5.41) is 9.18. The van der Waals surface area contributed by atoms with E-state index in [-0.39, 0.29) is 0 Å². The monoisotopic (exact) mass is 253 g/mol. The molecule has 0 unspecified atom stereocenters. The lowest BCUT2D eigenvalue weighted by molar-refractivity contribution is 0.428. The largest absolute Gasteiger partial charge is 0.240 e. The van der Waals surface area contributed by atoms with Crippen molar-refractivity contribution in [2.75, 3.05) is 11.5 Å². The second-order valence-electron chi connectivity index (χ2n) is 3.99. The SMILES string of the molecule is Clc1cccc2nnn(C3CCSCC3)c12. The van der Waals surface area contributed by atoms with Crippen LogP contribution in [0.15, 0.2) is 18.2 Å². The summed E-state index contributed by atoms with van der Waals surface area (Å²) in [7, 11) is 0. The Hall–Kier alpha value is -0.740. The number of hydrogen-bond acceptors (Lipinski definition) is 3. The third kappa shape index (κ3) is 1.70. The third-order valence-corrected chi connectivity index (χ3v) is 4.33. The number of halogens is 1. The van der Waals surface area contributed by atoms with E-state index in [4.69, 9.17) is 11.6 Å². The van der Waals surface area contributed by atoms with Gasteiger partial charge < -0.3 is 0 Å². The number of fused-ring (bicyclic) bond motifs is 1. The minimum absolute atomic E-state index is 0.464. The van der Waals surface area contributed by atoms with Crippen LogP contribution in [0.5, 0.6) is 0 Å². The zero-order chi connectivity index (χ0) is 11.0. The molecule has 16 heavy (non-hydrogen) atoms. The number of rotatable bonds is 1. The van der Waals surface area contributed by atoms with Gasteiger partial charge in [-0.05, 0) is 36.5 Å². The molecule has 1 fully saturated rings. The quantitative estimate of drug-likeness (QED) is 0.782. The molecule has 2 heterocycles. The summed E-state index contributed by atoms with van der Waals surface area (Å²) < 4.78 is 2.01. The summed E-state index contributed by atoms with van der Waals surface area (Å²) in [4.78, 5) is 0. The predicted molar refractivity (Wildman–Crippen MR) is 68.1 cm³/mol. The van der Waals surface area contributed by atoms with Gasteiger partial charge in [-0.15, -0.1) is 5.10 Å². The van der Waals surface area contributed by atoms with E-state index in [9.17, 15) is 0 Å². The van der Waals surface area contributed by atoms with Crippen molar-refractivity contribution in [3.8, 4) is 0 Å². The number of nitrogens with zero attached hydrogens (tertiary/aromatic N) is 3. The Morgan fingerprint density at radius 1 is 1.31 bits per heavy atom. The van der Waals surface area contributed by atoms with Crippen LogP contribution in [-0.2, 0) is 0 Å². The minimum Gasteiger partial charge on any atom is -0.240 e. The number of aromatic nitrogens is 3. The Labute approximate surface area is 103 Å². The molecule has 0 atom stereocenters. The van der Waals surface area contributed by atoms with Gasteiger partial charge in [0.15, 0.2) is 0 Å². The van der Waals surface area contributed by atoms with Crippen LogP contribution in [0.3, 0.4) is 0 Å². The van der Waals surface area contributed by atoms with Crippen LogP contribution < -0.4 is 0 Å². The molecule has 0 N–H and O–H groups in total. The highest BCUT2D eigenvalue weighted by Crippen LogP contribution is 2.31. The maximum absolute atomic E-state index is 6.22. The minimum atomic E-state index is 0.464. The van der Waals surface area contributed by atoms with Gasteiger partial charge in [0.2, 0.25) is 0 Å². The topological polar surface area (TPSA) is 30.7 Å². The van der Waals surface area contributed by atoms with E-state index >= 15 is 0 Å². The maximum Gasteiger partial charge on any atom is 0.114 e. The van der Waals surface area contributed by atoms with Crippen molar-refractivity contribution < 1.29 is 0 Å². The first-order valence-corrected chi connectivity index (χ1v) is 6.96. The predicted octanol–water partition coefficient (Wildman–Crippen LogP) is 3.15.